The summed E-state index contributed by atoms with van der Waals surface area (Å²) in [5.74, 6) is 1.34. The zero-order chi connectivity index (χ0) is 18.0. The van der Waals surface area contributed by atoms with Crippen molar-refractivity contribution in [1.82, 2.24) is 14.9 Å². The van der Waals surface area contributed by atoms with Gasteiger partial charge in [0.1, 0.15) is 10.9 Å². The Morgan fingerprint density at radius 2 is 1.92 bits per heavy atom. The van der Waals surface area contributed by atoms with E-state index in [1.807, 2.05) is 24.8 Å². The van der Waals surface area contributed by atoms with Crippen LogP contribution in [0.3, 0.4) is 0 Å². The van der Waals surface area contributed by atoms with Crippen LogP contribution in [0.1, 0.15) is 43.6 Å². The highest BCUT2D eigenvalue weighted by Crippen LogP contribution is 2.30. The van der Waals surface area contributed by atoms with Crippen LogP contribution >= 0.6 is 11.8 Å². The largest absolute Gasteiger partial charge is 0.335 e. The molecule has 1 aromatic heterocycles. The number of hydrogen-bond donors (Lipinski definition) is 0. The highest BCUT2D eigenvalue weighted by Gasteiger charge is 2.38. The Hall–Kier alpha value is -1.15. The zero-order valence-corrected chi connectivity index (χ0v) is 16.4. The van der Waals surface area contributed by atoms with E-state index >= 15 is 0 Å². The first-order valence-electron chi connectivity index (χ1n) is 8.81. The van der Waals surface area contributed by atoms with Crippen molar-refractivity contribution in [3.05, 3.63) is 17.6 Å². The number of thioether (sulfide) groups is 1. The van der Waals surface area contributed by atoms with Crippen molar-refractivity contribution >= 4 is 27.5 Å². The molecule has 3 rings (SSSR count). The van der Waals surface area contributed by atoms with Gasteiger partial charge in [-0.15, -0.1) is 0 Å². The summed E-state index contributed by atoms with van der Waals surface area (Å²) in [6.45, 7) is 3.75. The standard InChI is InChI=1S/C17H25N3O3S2/c1-12-9-16(19-13(2)18-12)24-10-17(21)20(14-5-3-4-6-14)15-7-8-25(22,23)11-15/h9,14-15H,3-8,10-11H2,1-2H3. The number of sulfone groups is 1. The van der Waals surface area contributed by atoms with E-state index in [4.69, 9.17) is 0 Å². The number of amides is 1. The molecule has 0 aromatic carbocycles. The maximum absolute atomic E-state index is 12.9. The van der Waals surface area contributed by atoms with E-state index in [1.54, 1.807) is 0 Å². The number of hydrogen-bond acceptors (Lipinski definition) is 6. The molecular formula is C17H25N3O3S2. The number of rotatable bonds is 5. The van der Waals surface area contributed by atoms with Crippen molar-refractivity contribution in [2.24, 2.45) is 0 Å². The van der Waals surface area contributed by atoms with E-state index in [2.05, 4.69) is 9.97 Å². The average Bonchev–Trinajstić information content (AvgIpc) is 3.15. The Kier molecular flexibility index (Phi) is 5.68. The first-order valence-corrected chi connectivity index (χ1v) is 11.6. The fraction of sp³-hybridized carbons (Fsp3) is 0.706. The molecule has 0 radical (unpaired) electrons. The lowest BCUT2D eigenvalue weighted by atomic mass is 10.1. The van der Waals surface area contributed by atoms with E-state index in [0.717, 1.165) is 36.4 Å². The van der Waals surface area contributed by atoms with Crippen LogP contribution in [0.15, 0.2) is 11.1 Å². The van der Waals surface area contributed by atoms with Crippen LogP contribution in [0.2, 0.25) is 0 Å². The molecule has 25 heavy (non-hydrogen) atoms. The molecule has 0 bridgehead atoms. The number of aryl methyl sites for hydroxylation is 2. The molecule has 1 saturated heterocycles. The predicted molar refractivity (Wildman–Crippen MR) is 98.4 cm³/mol. The van der Waals surface area contributed by atoms with Gasteiger partial charge < -0.3 is 4.90 Å². The molecule has 6 nitrogen and oxygen atoms in total. The summed E-state index contributed by atoms with van der Waals surface area (Å²) in [5, 5.41) is 0.795. The Labute approximate surface area is 153 Å². The van der Waals surface area contributed by atoms with Gasteiger partial charge in [-0.1, -0.05) is 24.6 Å². The highest BCUT2D eigenvalue weighted by atomic mass is 32.2. The molecular weight excluding hydrogens is 358 g/mol. The van der Waals surface area contributed by atoms with Crippen LogP contribution in [0.25, 0.3) is 0 Å². The molecule has 2 fully saturated rings. The van der Waals surface area contributed by atoms with Gasteiger partial charge in [0.15, 0.2) is 9.84 Å². The van der Waals surface area contributed by atoms with Gasteiger partial charge in [-0.3, -0.25) is 4.79 Å². The van der Waals surface area contributed by atoms with Gasteiger partial charge in [-0.25, -0.2) is 18.4 Å². The summed E-state index contributed by atoms with van der Waals surface area (Å²) in [6, 6.07) is 1.92. The van der Waals surface area contributed by atoms with E-state index < -0.39 is 9.84 Å². The fourth-order valence-corrected chi connectivity index (χ4v) is 6.43. The van der Waals surface area contributed by atoms with Crippen LogP contribution < -0.4 is 0 Å². The topological polar surface area (TPSA) is 80.2 Å². The number of carbonyl (C=O) groups excluding carboxylic acids is 1. The average molecular weight is 384 g/mol. The summed E-state index contributed by atoms with van der Waals surface area (Å²) in [7, 11) is -3.00. The minimum absolute atomic E-state index is 0.0351. The third-order valence-corrected chi connectivity index (χ3v) is 7.54. The molecule has 1 atom stereocenters. The van der Waals surface area contributed by atoms with E-state index in [-0.39, 0.29) is 29.5 Å². The second-order valence-corrected chi connectivity index (χ2v) is 10.2. The van der Waals surface area contributed by atoms with Gasteiger partial charge in [0.25, 0.3) is 0 Å². The fourth-order valence-electron chi connectivity index (χ4n) is 3.85. The van der Waals surface area contributed by atoms with E-state index in [9.17, 15) is 13.2 Å². The first-order chi connectivity index (χ1) is 11.8. The lowest BCUT2D eigenvalue weighted by molar-refractivity contribution is -0.132. The van der Waals surface area contributed by atoms with E-state index in [0.29, 0.717) is 18.0 Å². The quantitative estimate of drug-likeness (QED) is 0.572. The van der Waals surface area contributed by atoms with Crippen molar-refractivity contribution in [2.75, 3.05) is 17.3 Å². The monoisotopic (exact) mass is 383 g/mol. The third kappa shape index (κ3) is 4.73. The Morgan fingerprint density at radius 1 is 1.20 bits per heavy atom. The predicted octanol–water partition coefficient (Wildman–Crippen LogP) is 2.14. The van der Waals surface area contributed by atoms with Crippen molar-refractivity contribution < 1.29 is 13.2 Å². The highest BCUT2D eigenvalue weighted by molar-refractivity contribution is 7.99. The minimum Gasteiger partial charge on any atom is -0.335 e. The molecule has 1 unspecified atom stereocenters. The van der Waals surface area contributed by atoms with Crippen LogP contribution in [0, 0.1) is 13.8 Å². The molecule has 2 aliphatic rings. The maximum Gasteiger partial charge on any atom is 0.233 e. The second kappa shape index (κ2) is 7.61. The van der Waals surface area contributed by atoms with Crippen molar-refractivity contribution in [3.8, 4) is 0 Å². The van der Waals surface area contributed by atoms with Crippen LogP contribution in [0.4, 0.5) is 0 Å². The summed E-state index contributed by atoms with van der Waals surface area (Å²) >= 11 is 1.41. The lowest BCUT2D eigenvalue weighted by Crippen LogP contribution is -2.47. The van der Waals surface area contributed by atoms with Gasteiger partial charge >= 0.3 is 0 Å². The molecule has 8 heteroatoms. The van der Waals surface area contributed by atoms with Crippen LogP contribution in [-0.2, 0) is 14.6 Å². The number of nitrogens with zero attached hydrogens (tertiary/aromatic N) is 3. The van der Waals surface area contributed by atoms with E-state index in [1.165, 1.54) is 11.8 Å². The SMILES string of the molecule is Cc1cc(SCC(=O)N(C2CCCC2)C2CCS(=O)(=O)C2)nc(C)n1. The maximum atomic E-state index is 12.9. The number of aromatic nitrogens is 2. The summed E-state index contributed by atoms with van der Waals surface area (Å²) in [5.41, 5.74) is 0.886. The summed E-state index contributed by atoms with van der Waals surface area (Å²) in [4.78, 5) is 23.5. The Morgan fingerprint density at radius 3 is 2.52 bits per heavy atom. The van der Waals surface area contributed by atoms with Gasteiger partial charge in [0.2, 0.25) is 5.91 Å². The van der Waals surface area contributed by atoms with Crippen molar-refractivity contribution in [3.63, 3.8) is 0 Å². The van der Waals surface area contributed by atoms with Gasteiger partial charge in [-0.2, -0.15) is 0 Å². The Bertz CT molecular complexity index is 725. The minimum atomic E-state index is -3.00. The smallest absolute Gasteiger partial charge is 0.233 e. The lowest BCUT2D eigenvalue weighted by Gasteiger charge is -2.34. The Balaban J connectivity index is 1.70. The normalized spacial score (nSPS) is 23.0. The zero-order valence-electron chi connectivity index (χ0n) is 14.8. The molecule has 1 saturated carbocycles. The van der Waals surface area contributed by atoms with Crippen molar-refractivity contribution in [2.45, 2.75) is 63.1 Å². The molecule has 1 amide bonds. The van der Waals surface area contributed by atoms with Crippen LogP contribution in [0.5, 0.6) is 0 Å². The van der Waals surface area contributed by atoms with Crippen molar-refractivity contribution in [1.29, 1.82) is 0 Å². The third-order valence-electron chi connectivity index (χ3n) is 4.89. The molecule has 1 aliphatic heterocycles. The molecule has 2 heterocycles. The first kappa shape index (κ1) is 18.6. The molecule has 1 aliphatic carbocycles. The van der Waals surface area contributed by atoms with Gasteiger partial charge in [0.05, 0.1) is 17.3 Å². The molecule has 138 valence electrons. The van der Waals surface area contributed by atoms with Crippen LogP contribution in [-0.4, -0.2) is 58.5 Å². The molecule has 0 N–H and O–H groups in total. The second-order valence-electron chi connectivity index (χ2n) is 6.98. The summed E-state index contributed by atoms with van der Waals surface area (Å²) < 4.78 is 23.8. The molecule has 0 spiro atoms. The molecule has 1 aromatic rings. The van der Waals surface area contributed by atoms with Gasteiger partial charge in [0, 0.05) is 17.8 Å². The number of carbonyl (C=O) groups is 1. The van der Waals surface area contributed by atoms with Gasteiger partial charge in [-0.05, 0) is 39.2 Å². The summed E-state index contributed by atoms with van der Waals surface area (Å²) in [6.07, 6.45) is 4.77.